The Kier molecular flexibility index (Phi) is 5.35. The molecule has 2 aromatic heterocycles. The van der Waals surface area contributed by atoms with Crippen molar-refractivity contribution in [2.24, 2.45) is 5.92 Å². The van der Waals surface area contributed by atoms with Crippen molar-refractivity contribution < 1.29 is 13.9 Å². The molecule has 0 unspecified atom stereocenters. The van der Waals surface area contributed by atoms with E-state index in [0.29, 0.717) is 18.4 Å². The molecule has 0 saturated carbocycles. The molecule has 1 aliphatic heterocycles. The first kappa shape index (κ1) is 19.8. The number of hydrogen-bond acceptors (Lipinski definition) is 6. The Bertz CT molecular complexity index is 1040. The van der Waals surface area contributed by atoms with Crippen molar-refractivity contribution in [2.45, 2.75) is 32.9 Å². The quantitative estimate of drug-likeness (QED) is 0.662. The van der Waals surface area contributed by atoms with Gasteiger partial charge in [-0.25, -0.2) is 18.9 Å². The van der Waals surface area contributed by atoms with E-state index in [9.17, 15) is 9.18 Å². The maximum atomic E-state index is 13.1. The molecule has 2 atom stereocenters. The first-order chi connectivity index (χ1) is 14.4. The summed E-state index contributed by atoms with van der Waals surface area (Å²) in [6, 6.07) is 7.61. The average molecular weight is 410 g/mol. The summed E-state index contributed by atoms with van der Waals surface area (Å²) in [4.78, 5) is 22.6. The molecule has 8 nitrogen and oxygen atoms in total. The fourth-order valence-corrected chi connectivity index (χ4v) is 3.32. The first-order valence-corrected chi connectivity index (χ1v) is 9.78. The van der Waals surface area contributed by atoms with Crippen molar-refractivity contribution in [3.05, 3.63) is 60.3 Å². The lowest BCUT2D eigenvalue weighted by atomic mass is 10.0. The molecule has 1 N–H and O–H groups in total. The number of benzene rings is 1. The highest BCUT2D eigenvalue weighted by atomic mass is 19.1. The molecule has 1 aliphatic rings. The molecule has 3 aromatic rings. The fourth-order valence-electron chi connectivity index (χ4n) is 3.32. The van der Waals surface area contributed by atoms with Gasteiger partial charge in [0.15, 0.2) is 0 Å². The summed E-state index contributed by atoms with van der Waals surface area (Å²) < 4.78 is 20.0. The summed E-state index contributed by atoms with van der Waals surface area (Å²) in [5, 5.41) is 7.58. The Labute approximate surface area is 173 Å². The van der Waals surface area contributed by atoms with Gasteiger partial charge in [-0.3, -0.25) is 4.90 Å². The zero-order valence-electron chi connectivity index (χ0n) is 17.0. The molecule has 1 amide bonds. The molecule has 1 fully saturated rings. The van der Waals surface area contributed by atoms with Crippen LogP contribution in [-0.4, -0.2) is 38.5 Å². The highest BCUT2D eigenvalue weighted by Crippen LogP contribution is 2.26. The van der Waals surface area contributed by atoms with Crippen LogP contribution in [0.5, 0.6) is 0 Å². The fraction of sp³-hybridized carbons (Fsp3) is 0.333. The van der Waals surface area contributed by atoms with Crippen LogP contribution in [0.15, 0.2) is 48.9 Å². The van der Waals surface area contributed by atoms with Crippen molar-refractivity contribution in [3.8, 4) is 5.69 Å². The molecule has 4 rings (SSSR count). The third kappa shape index (κ3) is 3.96. The number of cyclic esters (lactones) is 1. The molecule has 9 heteroatoms. The number of amides is 1. The summed E-state index contributed by atoms with van der Waals surface area (Å²) in [6.45, 7) is 6.40. The van der Waals surface area contributed by atoms with E-state index >= 15 is 0 Å². The predicted molar refractivity (Wildman–Crippen MR) is 110 cm³/mol. The maximum absolute atomic E-state index is 13.1. The van der Waals surface area contributed by atoms with Gasteiger partial charge in [0.05, 0.1) is 24.0 Å². The van der Waals surface area contributed by atoms with Gasteiger partial charge in [0, 0.05) is 18.0 Å². The molecule has 30 heavy (non-hydrogen) atoms. The molecule has 1 aromatic carbocycles. The number of nitrogens with one attached hydrogen (secondary N) is 1. The molecule has 0 radical (unpaired) electrons. The number of rotatable bonds is 6. The topological polar surface area (TPSA) is 85.2 Å². The lowest BCUT2D eigenvalue weighted by molar-refractivity contribution is 0.177. The van der Waals surface area contributed by atoms with Crippen molar-refractivity contribution in [1.82, 2.24) is 19.7 Å². The van der Waals surface area contributed by atoms with E-state index in [1.165, 1.54) is 12.1 Å². The van der Waals surface area contributed by atoms with E-state index in [4.69, 9.17) is 4.74 Å². The van der Waals surface area contributed by atoms with Gasteiger partial charge in [-0.15, -0.1) is 0 Å². The van der Waals surface area contributed by atoms with Crippen LogP contribution in [-0.2, 0) is 4.74 Å². The van der Waals surface area contributed by atoms with E-state index in [2.05, 4.69) is 20.4 Å². The van der Waals surface area contributed by atoms with Crippen molar-refractivity contribution in [2.75, 3.05) is 16.8 Å². The molecule has 0 spiro atoms. The molecular formula is C21H23FN6O2. The van der Waals surface area contributed by atoms with E-state index in [0.717, 1.165) is 11.3 Å². The van der Waals surface area contributed by atoms with E-state index in [1.807, 2.05) is 27.0 Å². The van der Waals surface area contributed by atoms with Gasteiger partial charge in [0.1, 0.15) is 18.2 Å². The van der Waals surface area contributed by atoms with Crippen molar-refractivity contribution >= 4 is 17.9 Å². The average Bonchev–Trinajstić information content (AvgIpc) is 3.36. The maximum Gasteiger partial charge on any atom is 0.415 e. The summed E-state index contributed by atoms with van der Waals surface area (Å²) in [5.41, 5.74) is 1.68. The summed E-state index contributed by atoms with van der Waals surface area (Å²) in [6.07, 6.45) is 4.81. The van der Waals surface area contributed by atoms with Crippen LogP contribution < -0.4 is 10.2 Å². The van der Waals surface area contributed by atoms with Crippen LogP contribution in [0, 0.1) is 11.7 Å². The minimum Gasteiger partial charge on any atom is -0.447 e. The number of anilines is 2. The Balaban J connectivity index is 1.50. The van der Waals surface area contributed by atoms with Crippen LogP contribution in [0.4, 0.5) is 21.0 Å². The van der Waals surface area contributed by atoms with Crippen LogP contribution in [0.2, 0.25) is 0 Å². The normalized spacial score (nSPS) is 17.3. The number of carbonyl (C=O) groups is 1. The Morgan fingerprint density at radius 3 is 2.70 bits per heavy atom. The number of halogens is 1. The summed E-state index contributed by atoms with van der Waals surface area (Å²) >= 11 is 0. The smallest absolute Gasteiger partial charge is 0.415 e. The van der Waals surface area contributed by atoms with E-state index < -0.39 is 6.09 Å². The molecule has 1 saturated heterocycles. The van der Waals surface area contributed by atoms with E-state index in [-0.39, 0.29) is 23.8 Å². The van der Waals surface area contributed by atoms with Gasteiger partial charge in [0.25, 0.3) is 0 Å². The molecule has 0 aliphatic carbocycles. The lowest BCUT2D eigenvalue weighted by Gasteiger charge is -2.23. The monoisotopic (exact) mass is 410 g/mol. The highest BCUT2D eigenvalue weighted by molar-refractivity contribution is 5.89. The zero-order chi connectivity index (χ0) is 21.3. The van der Waals surface area contributed by atoms with Gasteiger partial charge in [-0.2, -0.15) is 10.1 Å². The van der Waals surface area contributed by atoms with Crippen molar-refractivity contribution in [3.63, 3.8) is 0 Å². The second-order valence-corrected chi connectivity index (χ2v) is 7.56. The third-order valence-corrected chi connectivity index (χ3v) is 5.10. The number of hydrogen-bond donors (Lipinski definition) is 1. The highest BCUT2D eigenvalue weighted by Gasteiger charge is 2.37. The largest absolute Gasteiger partial charge is 0.447 e. The number of ether oxygens (including phenoxy) is 1. The van der Waals surface area contributed by atoms with Gasteiger partial charge in [-0.1, -0.05) is 13.8 Å². The van der Waals surface area contributed by atoms with Gasteiger partial charge < -0.3 is 10.1 Å². The van der Waals surface area contributed by atoms with E-state index in [1.54, 1.807) is 40.2 Å². The number of aromatic nitrogens is 4. The minimum atomic E-state index is -0.396. The molecule has 156 valence electrons. The van der Waals surface area contributed by atoms with Crippen LogP contribution in [0.25, 0.3) is 5.69 Å². The molecule has 0 bridgehead atoms. The SMILES string of the molecule is CC(C)[C@H]1COC(=O)N1c1ccnc(N[C@H](C)c2cnn(-c3ccc(F)cc3)c2)n1. The van der Waals surface area contributed by atoms with Gasteiger partial charge >= 0.3 is 6.09 Å². The third-order valence-electron chi connectivity index (χ3n) is 5.10. The van der Waals surface area contributed by atoms with Gasteiger partial charge in [-0.05, 0) is 43.2 Å². The number of nitrogens with zero attached hydrogens (tertiary/aromatic N) is 5. The van der Waals surface area contributed by atoms with Crippen LogP contribution >= 0.6 is 0 Å². The standard InChI is InChI=1S/C21H23FN6O2/c1-13(2)18-12-30-21(29)28(18)19-8-9-23-20(26-19)25-14(3)15-10-24-27(11-15)17-6-4-16(22)5-7-17/h4-11,13-14,18H,12H2,1-3H3,(H,23,25,26)/t14-,18-/m1/s1. The molecule has 3 heterocycles. The Morgan fingerprint density at radius 2 is 1.97 bits per heavy atom. The lowest BCUT2D eigenvalue weighted by Crippen LogP contribution is -2.37. The van der Waals surface area contributed by atoms with Gasteiger partial charge in [0.2, 0.25) is 5.95 Å². The minimum absolute atomic E-state index is 0.0633. The first-order valence-electron chi connectivity index (χ1n) is 9.78. The summed E-state index contributed by atoms with van der Waals surface area (Å²) in [7, 11) is 0. The zero-order valence-corrected chi connectivity index (χ0v) is 17.0. The van der Waals surface area contributed by atoms with Crippen LogP contribution in [0.3, 0.4) is 0 Å². The number of carbonyl (C=O) groups excluding carboxylic acids is 1. The predicted octanol–water partition coefficient (Wildman–Crippen LogP) is 3.96. The summed E-state index contributed by atoms with van der Waals surface area (Å²) in [5.74, 6) is 0.846. The Morgan fingerprint density at radius 1 is 1.20 bits per heavy atom. The van der Waals surface area contributed by atoms with Crippen LogP contribution in [0.1, 0.15) is 32.4 Å². The molecular weight excluding hydrogens is 387 g/mol. The second kappa shape index (κ2) is 8.10. The Hall–Kier alpha value is -3.49. The van der Waals surface area contributed by atoms with Crippen molar-refractivity contribution in [1.29, 1.82) is 0 Å². The second-order valence-electron chi connectivity index (χ2n) is 7.56.